The van der Waals surface area contributed by atoms with Gasteiger partial charge in [0, 0.05) is 12.0 Å². The van der Waals surface area contributed by atoms with Gasteiger partial charge in [0.25, 0.3) is 0 Å². The molecule has 0 radical (unpaired) electrons. The Hall–Kier alpha value is -2.36. The van der Waals surface area contributed by atoms with Gasteiger partial charge in [0.2, 0.25) is 6.54 Å². The van der Waals surface area contributed by atoms with Gasteiger partial charge in [-0.25, -0.2) is 15.0 Å². The van der Waals surface area contributed by atoms with Gasteiger partial charge in [0.1, 0.15) is 5.75 Å². The lowest BCUT2D eigenvalue weighted by atomic mass is 9.87. The van der Waals surface area contributed by atoms with Crippen molar-refractivity contribution in [2.75, 3.05) is 19.4 Å². The zero-order valence-electron chi connectivity index (χ0n) is 19.4. The van der Waals surface area contributed by atoms with Crippen molar-refractivity contribution in [1.82, 2.24) is 5.32 Å². The molecule has 1 N–H and O–H groups in total. The summed E-state index contributed by atoms with van der Waals surface area (Å²) in [6.45, 7) is 11.7. The SMILES string of the molecule is [C-]#[N+]CCCc1cc2c(cc1OC)[C@@H](c1ccccc1)N[C@](CC)(CCCC)CS2(=O)=O. The summed E-state index contributed by atoms with van der Waals surface area (Å²) < 4.78 is 33.2. The van der Waals surface area contributed by atoms with Crippen LogP contribution in [0.25, 0.3) is 4.85 Å². The lowest BCUT2D eigenvalue weighted by molar-refractivity contribution is 0.294. The number of methoxy groups -OCH3 is 1. The molecule has 3 rings (SSSR count). The molecule has 0 aromatic heterocycles. The Bertz CT molecular complexity index is 1060. The standard InChI is InChI=1S/C26H34N2O3S/c1-5-7-15-26(6-2)19-32(29,30)24-17-21(14-11-16-27-3)23(31-4)18-22(24)25(28-26)20-12-9-8-10-13-20/h8-10,12-13,17-18,25,28H,5-7,11,14-16,19H2,1-2,4H3/t25-,26-/m1/s1. The first-order valence-corrected chi connectivity index (χ1v) is 13.1. The van der Waals surface area contributed by atoms with Gasteiger partial charge in [-0.2, -0.15) is 0 Å². The number of fused-ring (bicyclic) bond motifs is 1. The van der Waals surface area contributed by atoms with E-state index in [9.17, 15) is 8.42 Å². The fraction of sp³-hybridized carbons (Fsp3) is 0.500. The number of aryl methyl sites for hydroxylation is 1. The third kappa shape index (κ3) is 5.16. The van der Waals surface area contributed by atoms with Crippen LogP contribution in [-0.4, -0.2) is 33.4 Å². The first kappa shape index (κ1) is 24.3. The highest BCUT2D eigenvalue weighted by atomic mass is 32.2. The van der Waals surface area contributed by atoms with Gasteiger partial charge in [-0.3, -0.25) is 5.32 Å². The normalized spacial score (nSPS) is 21.9. The molecule has 1 heterocycles. The van der Waals surface area contributed by atoms with Crippen molar-refractivity contribution >= 4 is 9.84 Å². The van der Waals surface area contributed by atoms with Crippen LogP contribution >= 0.6 is 0 Å². The lowest BCUT2D eigenvalue weighted by Crippen LogP contribution is -2.50. The van der Waals surface area contributed by atoms with E-state index in [-0.39, 0.29) is 11.8 Å². The minimum absolute atomic E-state index is 0.0840. The van der Waals surface area contributed by atoms with Crippen LogP contribution < -0.4 is 10.1 Å². The minimum Gasteiger partial charge on any atom is -0.496 e. The lowest BCUT2D eigenvalue weighted by Gasteiger charge is -2.36. The maximum absolute atomic E-state index is 13.8. The van der Waals surface area contributed by atoms with E-state index in [1.807, 2.05) is 24.3 Å². The average molecular weight is 455 g/mol. The Labute approximate surface area is 192 Å². The van der Waals surface area contributed by atoms with Gasteiger partial charge in [-0.1, -0.05) is 57.0 Å². The molecule has 172 valence electrons. The minimum atomic E-state index is -3.53. The molecule has 0 saturated heterocycles. The van der Waals surface area contributed by atoms with Gasteiger partial charge in [-0.05, 0) is 48.1 Å². The highest BCUT2D eigenvalue weighted by Crippen LogP contribution is 2.41. The highest BCUT2D eigenvalue weighted by molar-refractivity contribution is 7.91. The Kier molecular flexibility index (Phi) is 7.97. The van der Waals surface area contributed by atoms with E-state index in [1.54, 1.807) is 13.2 Å². The molecular weight excluding hydrogens is 420 g/mol. The van der Waals surface area contributed by atoms with Crippen molar-refractivity contribution in [3.63, 3.8) is 0 Å². The van der Waals surface area contributed by atoms with E-state index in [4.69, 9.17) is 11.3 Å². The van der Waals surface area contributed by atoms with E-state index < -0.39 is 15.4 Å². The molecule has 0 fully saturated rings. The first-order valence-electron chi connectivity index (χ1n) is 11.5. The fourth-order valence-corrected chi connectivity index (χ4v) is 6.84. The van der Waals surface area contributed by atoms with Crippen molar-refractivity contribution in [3.8, 4) is 5.75 Å². The fourth-order valence-electron chi connectivity index (χ4n) is 4.66. The van der Waals surface area contributed by atoms with E-state index in [0.717, 1.165) is 42.4 Å². The van der Waals surface area contributed by atoms with Crippen LogP contribution in [0.15, 0.2) is 47.4 Å². The number of nitrogens with one attached hydrogen (secondary N) is 1. The molecule has 32 heavy (non-hydrogen) atoms. The summed E-state index contributed by atoms with van der Waals surface area (Å²) >= 11 is 0. The second kappa shape index (κ2) is 10.5. The van der Waals surface area contributed by atoms with Crippen LogP contribution in [0.5, 0.6) is 5.75 Å². The summed E-state index contributed by atoms with van der Waals surface area (Å²) in [5, 5.41) is 3.79. The van der Waals surface area contributed by atoms with Crippen molar-refractivity contribution in [2.45, 2.75) is 68.8 Å². The largest absolute Gasteiger partial charge is 0.496 e. The molecule has 0 aliphatic carbocycles. The second-order valence-electron chi connectivity index (χ2n) is 8.67. The monoisotopic (exact) mass is 454 g/mol. The van der Waals surface area contributed by atoms with Crippen LogP contribution in [0.4, 0.5) is 0 Å². The first-order chi connectivity index (χ1) is 15.4. The van der Waals surface area contributed by atoms with E-state index >= 15 is 0 Å². The second-order valence-corrected chi connectivity index (χ2v) is 10.6. The number of unbranched alkanes of at least 4 members (excludes halogenated alkanes) is 1. The molecule has 0 amide bonds. The summed E-state index contributed by atoms with van der Waals surface area (Å²) in [5.41, 5.74) is 2.14. The number of hydrogen-bond acceptors (Lipinski definition) is 4. The molecule has 1 aliphatic heterocycles. The molecule has 0 unspecified atom stereocenters. The van der Waals surface area contributed by atoms with E-state index in [1.165, 1.54) is 0 Å². The summed E-state index contributed by atoms with van der Waals surface area (Å²) in [4.78, 5) is 3.82. The quantitative estimate of drug-likeness (QED) is 0.410. The maximum Gasteiger partial charge on any atom is 0.215 e. The molecule has 5 nitrogen and oxygen atoms in total. The zero-order valence-corrected chi connectivity index (χ0v) is 20.2. The van der Waals surface area contributed by atoms with Gasteiger partial charge in [0.05, 0.1) is 23.8 Å². The third-order valence-electron chi connectivity index (χ3n) is 6.51. The number of rotatable bonds is 9. The molecular formula is C26H34N2O3S. The number of ether oxygens (including phenoxy) is 1. The smallest absolute Gasteiger partial charge is 0.215 e. The number of benzene rings is 2. The third-order valence-corrected chi connectivity index (χ3v) is 8.47. The molecule has 0 saturated carbocycles. The molecule has 1 aliphatic rings. The molecule has 2 aromatic carbocycles. The van der Waals surface area contributed by atoms with Crippen LogP contribution in [0.2, 0.25) is 0 Å². The van der Waals surface area contributed by atoms with Crippen molar-refractivity contribution in [3.05, 3.63) is 70.6 Å². The number of sulfone groups is 1. The van der Waals surface area contributed by atoms with Crippen molar-refractivity contribution in [1.29, 1.82) is 0 Å². The Morgan fingerprint density at radius 3 is 2.56 bits per heavy atom. The summed E-state index contributed by atoms with van der Waals surface area (Å²) in [6, 6.07) is 13.5. The van der Waals surface area contributed by atoms with Gasteiger partial charge in [-0.15, -0.1) is 0 Å². The van der Waals surface area contributed by atoms with Crippen molar-refractivity contribution < 1.29 is 13.2 Å². The average Bonchev–Trinajstić information content (AvgIpc) is 2.90. The predicted octanol–water partition coefficient (Wildman–Crippen LogP) is 5.35. The topological polar surface area (TPSA) is 59.8 Å². The Balaban J connectivity index is 2.21. The molecule has 0 spiro atoms. The molecule has 0 bridgehead atoms. The van der Waals surface area contributed by atoms with Crippen molar-refractivity contribution in [2.24, 2.45) is 0 Å². The number of hydrogen-bond donors (Lipinski definition) is 1. The maximum atomic E-state index is 13.8. The van der Waals surface area contributed by atoms with Gasteiger partial charge in [0.15, 0.2) is 9.84 Å². The molecule has 2 aromatic rings. The van der Waals surface area contributed by atoms with Gasteiger partial charge < -0.3 is 9.58 Å². The number of nitrogens with zero attached hydrogens (tertiary/aromatic N) is 1. The zero-order chi connectivity index (χ0) is 23.2. The van der Waals surface area contributed by atoms with E-state index in [0.29, 0.717) is 30.0 Å². The van der Waals surface area contributed by atoms with Gasteiger partial charge >= 0.3 is 0 Å². The van der Waals surface area contributed by atoms with Crippen LogP contribution in [0.3, 0.4) is 0 Å². The Morgan fingerprint density at radius 1 is 1.19 bits per heavy atom. The van der Waals surface area contributed by atoms with Crippen LogP contribution in [0, 0.1) is 6.57 Å². The predicted molar refractivity (Wildman–Crippen MR) is 129 cm³/mol. The molecule has 6 heteroatoms. The highest BCUT2D eigenvalue weighted by Gasteiger charge is 2.42. The molecule has 2 atom stereocenters. The summed E-state index contributed by atoms with van der Waals surface area (Å²) in [5.74, 6) is 0.768. The summed E-state index contributed by atoms with van der Waals surface area (Å²) in [7, 11) is -1.91. The van der Waals surface area contributed by atoms with Crippen LogP contribution in [-0.2, 0) is 16.3 Å². The summed E-state index contributed by atoms with van der Waals surface area (Å²) in [6.07, 6.45) is 4.83. The van der Waals surface area contributed by atoms with E-state index in [2.05, 4.69) is 36.1 Å². The van der Waals surface area contributed by atoms with Crippen LogP contribution in [0.1, 0.15) is 68.7 Å². The Morgan fingerprint density at radius 2 is 1.94 bits per heavy atom.